The summed E-state index contributed by atoms with van der Waals surface area (Å²) in [5.74, 6) is 2.48. The minimum Gasteiger partial charge on any atom is -0.353 e. The predicted octanol–water partition coefficient (Wildman–Crippen LogP) is 2.98. The number of aromatic nitrogens is 3. The third kappa shape index (κ3) is 4.76. The molecule has 27 heavy (non-hydrogen) atoms. The molecule has 1 atom stereocenters. The summed E-state index contributed by atoms with van der Waals surface area (Å²) in [5.41, 5.74) is 4.30. The molecule has 2 aromatic rings. The van der Waals surface area contributed by atoms with Crippen LogP contribution >= 0.6 is 0 Å². The molecule has 3 rings (SSSR count). The Morgan fingerprint density at radius 1 is 1.30 bits per heavy atom. The van der Waals surface area contributed by atoms with E-state index in [9.17, 15) is 0 Å². The van der Waals surface area contributed by atoms with E-state index in [1.54, 1.807) is 0 Å². The van der Waals surface area contributed by atoms with Gasteiger partial charge >= 0.3 is 0 Å². The van der Waals surface area contributed by atoms with E-state index in [0.717, 1.165) is 17.6 Å². The summed E-state index contributed by atoms with van der Waals surface area (Å²) in [7, 11) is 1.96. The predicted molar refractivity (Wildman–Crippen MR) is 110 cm³/mol. The van der Waals surface area contributed by atoms with Gasteiger partial charge in [0, 0.05) is 13.6 Å². The van der Waals surface area contributed by atoms with Gasteiger partial charge in [-0.05, 0) is 56.2 Å². The number of fused-ring (bicyclic) bond motifs is 1. The van der Waals surface area contributed by atoms with Gasteiger partial charge in [0.25, 0.3) is 0 Å². The van der Waals surface area contributed by atoms with E-state index < -0.39 is 0 Å². The summed E-state index contributed by atoms with van der Waals surface area (Å²) >= 11 is 0. The van der Waals surface area contributed by atoms with E-state index in [1.807, 2.05) is 24.6 Å². The van der Waals surface area contributed by atoms with Crippen molar-refractivity contribution in [1.29, 1.82) is 0 Å². The Hall–Kier alpha value is -2.63. The normalized spacial score (nSPS) is 15.1. The lowest BCUT2D eigenvalue weighted by atomic mass is 9.89. The molecule has 6 nitrogen and oxygen atoms in total. The maximum absolute atomic E-state index is 4.68. The number of aliphatic imine (C=N–C) groups is 1. The Morgan fingerprint density at radius 2 is 2.07 bits per heavy atom. The zero-order valence-electron chi connectivity index (χ0n) is 16.6. The number of benzene rings is 1. The average molecular weight is 367 g/mol. The van der Waals surface area contributed by atoms with Gasteiger partial charge in [0.1, 0.15) is 12.4 Å². The van der Waals surface area contributed by atoms with Crippen molar-refractivity contribution in [3.05, 3.63) is 59.2 Å². The van der Waals surface area contributed by atoms with Crippen LogP contribution in [0.15, 0.2) is 35.8 Å². The number of hydrogen-bond acceptors (Lipinski definition) is 3. The van der Waals surface area contributed by atoms with Crippen molar-refractivity contribution in [1.82, 2.24) is 25.4 Å². The van der Waals surface area contributed by atoms with Gasteiger partial charge in [-0.3, -0.25) is 0 Å². The van der Waals surface area contributed by atoms with Crippen LogP contribution < -0.4 is 10.6 Å². The van der Waals surface area contributed by atoms with Gasteiger partial charge in [-0.25, -0.2) is 4.99 Å². The van der Waals surface area contributed by atoms with Gasteiger partial charge < -0.3 is 15.2 Å². The minimum atomic E-state index is 0.162. The highest BCUT2D eigenvalue weighted by Gasteiger charge is 2.14. The minimum absolute atomic E-state index is 0.162. The van der Waals surface area contributed by atoms with Crippen molar-refractivity contribution in [2.75, 3.05) is 6.54 Å². The fourth-order valence-electron chi connectivity index (χ4n) is 3.37. The average Bonchev–Trinajstić information content (AvgIpc) is 3.01. The number of rotatable bonds is 6. The van der Waals surface area contributed by atoms with E-state index in [2.05, 4.69) is 57.5 Å². The third-order valence-corrected chi connectivity index (χ3v) is 5.20. The maximum Gasteiger partial charge on any atom is 0.192 e. The second kappa shape index (κ2) is 8.84. The fraction of sp³-hybridized carbons (Fsp3) is 0.476. The summed E-state index contributed by atoms with van der Waals surface area (Å²) in [4.78, 5) is 4.68. The largest absolute Gasteiger partial charge is 0.353 e. The highest BCUT2D eigenvalue weighted by atomic mass is 15.3. The monoisotopic (exact) mass is 366 g/mol. The summed E-state index contributed by atoms with van der Waals surface area (Å²) in [6.07, 6.45) is 6.83. The van der Waals surface area contributed by atoms with Crippen LogP contribution in [0.25, 0.3) is 0 Å². The molecule has 6 heteroatoms. The molecule has 144 valence electrons. The SMILES string of the molecule is C=CCNC(=NCc1nnc(C)n1C)NC(C)c1ccc2c(c1)CCCC2. The van der Waals surface area contributed by atoms with Crippen molar-refractivity contribution in [3.63, 3.8) is 0 Å². The first kappa shape index (κ1) is 19.1. The molecule has 0 bridgehead atoms. The molecule has 0 spiro atoms. The maximum atomic E-state index is 4.68. The number of aryl methyl sites for hydroxylation is 3. The Kier molecular flexibility index (Phi) is 6.27. The summed E-state index contributed by atoms with van der Waals surface area (Å²) in [6, 6.07) is 7.04. The fourth-order valence-corrected chi connectivity index (χ4v) is 3.37. The Bertz CT molecular complexity index is 820. The van der Waals surface area contributed by atoms with E-state index >= 15 is 0 Å². The first-order valence-electron chi connectivity index (χ1n) is 9.70. The van der Waals surface area contributed by atoms with E-state index in [1.165, 1.54) is 42.4 Å². The highest BCUT2D eigenvalue weighted by Crippen LogP contribution is 2.24. The van der Waals surface area contributed by atoms with Crippen LogP contribution in [-0.2, 0) is 26.4 Å². The summed E-state index contributed by atoms with van der Waals surface area (Å²) in [5, 5.41) is 15.1. The molecule has 1 aliphatic carbocycles. The quantitative estimate of drug-likeness (QED) is 0.469. The standard InChI is InChI=1S/C21H30N6/c1-5-12-22-21(23-14-20-26-25-16(3)27(20)4)24-15(2)18-11-10-17-8-6-7-9-19(17)13-18/h5,10-11,13,15H,1,6-9,12,14H2,2-4H3,(H2,22,23,24). The van der Waals surface area contributed by atoms with Gasteiger partial charge in [0.15, 0.2) is 11.8 Å². The van der Waals surface area contributed by atoms with Crippen molar-refractivity contribution in [2.24, 2.45) is 12.0 Å². The molecule has 0 radical (unpaired) electrons. The number of nitrogens with one attached hydrogen (secondary N) is 2. The number of guanidine groups is 1. The van der Waals surface area contributed by atoms with Crippen LogP contribution in [0.3, 0.4) is 0 Å². The van der Waals surface area contributed by atoms with Crippen LogP contribution in [0.1, 0.15) is 54.1 Å². The first-order chi connectivity index (χ1) is 13.1. The van der Waals surface area contributed by atoms with Crippen molar-refractivity contribution < 1.29 is 0 Å². The lowest BCUT2D eigenvalue weighted by Gasteiger charge is -2.21. The molecule has 0 saturated heterocycles. The molecule has 0 fully saturated rings. The molecule has 1 aromatic carbocycles. The molecule has 2 N–H and O–H groups in total. The van der Waals surface area contributed by atoms with Gasteiger partial charge in [-0.2, -0.15) is 0 Å². The molecule has 0 saturated carbocycles. The van der Waals surface area contributed by atoms with Gasteiger partial charge in [0.2, 0.25) is 0 Å². The van der Waals surface area contributed by atoms with Crippen LogP contribution in [0.4, 0.5) is 0 Å². The summed E-state index contributed by atoms with van der Waals surface area (Å²) in [6.45, 7) is 9.02. The number of nitrogens with zero attached hydrogens (tertiary/aromatic N) is 4. The van der Waals surface area contributed by atoms with E-state index in [0.29, 0.717) is 13.1 Å². The van der Waals surface area contributed by atoms with Crippen LogP contribution in [0, 0.1) is 6.92 Å². The van der Waals surface area contributed by atoms with Crippen LogP contribution in [-0.4, -0.2) is 27.3 Å². The van der Waals surface area contributed by atoms with Crippen LogP contribution in [0.5, 0.6) is 0 Å². The van der Waals surface area contributed by atoms with Gasteiger partial charge in [-0.15, -0.1) is 16.8 Å². The second-order valence-electron chi connectivity index (χ2n) is 7.16. The lowest BCUT2D eigenvalue weighted by molar-refractivity contribution is 0.665. The molecular formula is C21H30N6. The van der Waals surface area contributed by atoms with Crippen molar-refractivity contribution in [3.8, 4) is 0 Å². The molecule has 1 aromatic heterocycles. The topological polar surface area (TPSA) is 67.1 Å². The van der Waals surface area contributed by atoms with E-state index in [4.69, 9.17) is 0 Å². The Labute approximate surface area is 161 Å². The molecule has 0 amide bonds. The van der Waals surface area contributed by atoms with Crippen molar-refractivity contribution in [2.45, 2.75) is 52.1 Å². The first-order valence-corrected chi connectivity index (χ1v) is 9.70. The summed E-state index contributed by atoms with van der Waals surface area (Å²) < 4.78 is 1.96. The molecule has 1 unspecified atom stereocenters. The van der Waals surface area contributed by atoms with Gasteiger partial charge in [-0.1, -0.05) is 24.3 Å². The van der Waals surface area contributed by atoms with Crippen LogP contribution in [0.2, 0.25) is 0 Å². The highest BCUT2D eigenvalue weighted by molar-refractivity contribution is 5.80. The Balaban J connectivity index is 1.72. The third-order valence-electron chi connectivity index (χ3n) is 5.20. The second-order valence-corrected chi connectivity index (χ2v) is 7.16. The van der Waals surface area contributed by atoms with E-state index in [-0.39, 0.29) is 6.04 Å². The molecule has 1 aliphatic rings. The van der Waals surface area contributed by atoms with Gasteiger partial charge in [0.05, 0.1) is 6.04 Å². The lowest BCUT2D eigenvalue weighted by Crippen LogP contribution is -2.39. The smallest absolute Gasteiger partial charge is 0.192 e. The zero-order chi connectivity index (χ0) is 19.2. The zero-order valence-corrected chi connectivity index (χ0v) is 16.6. The molecule has 0 aliphatic heterocycles. The molecule has 1 heterocycles. The number of hydrogen-bond donors (Lipinski definition) is 2. The Morgan fingerprint density at radius 3 is 2.78 bits per heavy atom. The molecular weight excluding hydrogens is 336 g/mol. The van der Waals surface area contributed by atoms with Crippen molar-refractivity contribution >= 4 is 5.96 Å².